The summed E-state index contributed by atoms with van der Waals surface area (Å²) in [5.74, 6) is -1.22. The molecule has 0 aromatic heterocycles. The highest BCUT2D eigenvalue weighted by Gasteiger charge is 2.48. The Kier molecular flexibility index (Phi) is 18.5. The van der Waals surface area contributed by atoms with Crippen LogP contribution in [0.5, 0.6) is 28.7 Å². The number of benzene rings is 3. The third-order valence-corrected chi connectivity index (χ3v) is 14.5. The molecular formula is C54H76N2O9. The van der Waals surface area contributed by atoms with Crippen LogP contribution in [-0.4, -0.2) is 73.4 Å². The lowest BCUT2D eigenvalue weighted by molar-refractivity contribution is -0.142. The van der Waals surface area contributed by atoms with E-state index >= 15 is 0 Å². The molecule has 4 fully saturated rings. The van der Waals surface area contributed by atoms with E-state index in [1.165, 1.54) is 136 Å². The summed E-state index contributed by atoms with van der Waals surface area (Å²) in [6, 6.07) is 19.9. The molecule has 3 aromatic rings. The Hall–Kier alpha value is -4.48. The Morgan fingerprint density at radius 2 is 1.12 bits per heavy atom. The SMILES string of the molecule is C1CCC(NC2CCCCC2)CC1.C1CCC(NC2CCCCC2)CC1.CCCOc1ccc2c(c1)C(c1ccc(OC)cc1OCCC(=O)O)C(C(=O)O)C2c1ccc2c(c1)OCO2. The summed E-state index contributed by atoms with van der Waals surface area (Å²) in [4.78, 5) is 24.2. The molecule has 4 saturated carbocycles. The molecule has 0 amide bonds. The van der Waals surface area contributed by atoms with Gasteiger partial charge < -0.3 is 44.5 Å². The second kappa shape index (κ2) is 24.9. The van der Waals surface area contributed by atoms with Crippen molar-refractivity contribution in [3.63, 3.8) is 0 Å². The Labute approximate surface area is 387 Å². The number of carbonyl (C=O) groups is 2. The van der Waals surface area contributed by atoms with Crippen LogP contribution in [0.15, 0.2) is 54.6 Å². The van der Waals surface area contributed by atoms with Crippen molar-refractivity contribution in [1.29, 1.82) is 0 Å². The molecule has 11 nitrogen and oxygen atoms in total. The van der Waals surface area contributed by atoms with Gasteiger partial charge in [-0.2, -0.15) is 0 Å². The van der Waals surface area contributed by atoms with Crippen LogP contribution in [0.3, 0.4) is 0 Å². The maximum atomic E-state index is 13.0. The first-order valence-electron chi connectivity index (χ1n) is 25.2. The molecule has 0 radical (unpaired) electrons. The average molecular weight is 897 g/mol. The van der Waals surface area contributed by atoms with Gasteiger partial charge in [0.05, 0.1) is 32.7 Å². The summed E-state index contributed by atoms with van der Waals surface area (Å²) < 4.78 is 28.3. The summed E-state index contributed by atoms with van der Waals surface area (Å²) in [6.45, 7) is 2.60. The molecule has 65 heavy (non-hydrogen) atoms. The molecule has 11 heteroatoms. The number of ether oxygens (including phenoxy) is 5. The minimum absolute atomic E-state index is 0.0714. The molecule has 356 valence electrons. The molecule has 1 heterocycles. The fourth-order valence-electron chi connectivity index (χ4n) is 11.1. The van der Waals surface area contributed by atoms with Gasteiger partial charge in [0.2, 0.25) is 6.79 Å². The monoisotopic (exact) mass is 897 g/mol. The van der Waals surface area contributed by atoms with Crippen LogP contribution in [0.25, 0.3) is 0 Å². The van der Waals surface area contributed by atoms with Crippen molar-refractivity contribution in [2.45, 2.75) is 184 Å². The minimum Gasteiger partial charge on any atom is -0.497 e. The van der Waals surface area contributed by atoms with E-state index in [4.69, 9.17) is 28.8 Å². The van der Waals surface area contributed by atoms with E-state index in [-0.39, 0.29) is 19.8 Å². The van der Waals surface area contributed by atoms with Gasteiger partial charge in [0.15, 0.2) is 11.5 Å². The Bertz CT molecular complexity index is 1880. The van der Waals surface area contributed by atoms with Gasteiger partial charge in [-0.3, -0.25) is 9.59 Å². The van der Waals surface area contributed by atoms with Gasteiger partial charge in [-0.15, -0.1) is 0 Å². The molecule has 6 aliphatic rings. The molecule has 1 aliphatic heterocycles. The molecule has 3 unspecified atom stereocenters. The molecule has 0 spiro atoms. The van der Waals surface area contributed by atoms with Crippen molar-refractivity contribution >= 4 is 11.9 Å². The van der Waals surface area contributed by atoms with Crippen molar-refractivity contribution in [3.05, 3.63) is 76.9 Å². The normalized spacial score (nSPS) is 22.4. The van der Waals surface area contributed by atoms with Gasteiger partial charge in [-0.1, -0.05) is 102 Å². The Morgan fingerprint density at radius 1 is 0.585 bits per heavy atom. The molecular weight excluding hydrogens is 821 g/mol. The topological polar surface area (TPSA) is 145 Å². The van der Waals surface area contributed by atoms with Crippen molar-refractivity contribution < 1.29 is 43.5 Å². The first-order valence-corrected chi connectivity index (χ1v) is 25.2. The van der Waals surface area contributed by atoms with Crippen molar-refractivity contribution in [1.82, 2.24) is 10.6 Å². The van der Waals surface area contributed by atoms with Crippen LogP contribution in [0.4, 0.5) is 0 Å². The fraction of sp³-hybridized carbons (Fsp3) is 0.630. The maximum Gasteiger partial charge on any atom is 0.308 e. The van der Waals surface area contributed by atoms with Crippen LogP contribution < -0.4 is 34.3 Å². The first kappa shape index (κ1) is 48.5. The number of carboxylic acids is 2. The highest BCUT2D eigenvalue weighted by atomic mass is 16.7. The van der Waals surface area contributed by atoms with Gasteiger partial charge in [0.25, 0.3) is 0 Å². The van der Waals surface area contributed by atoms with Crippen molar-refractivity contribution in [2.24, 2.45) is 5.92 Å². The van der Waals surface area contributed by atoms with Gasteiger partial charge in [0, 0.05) is 47.6 Å². The molecule has 5 aliphatic carbocycles. The zero-order valence-electron chi connectivity index (χ0n) is 39.2. The summed E-state index contributed by atoms with van der Waals surface area (Å²) >= 11 is 0. The van der Waals surface area contributed by atoms with Gasteiger partial charge >= 0.3 is 11.9 Å². The summed E-state index contributed by atoms with van der Waals surface area (Å²) in [5.41, 5.74) is 3.10. The van der Waals surface area contributed by atoms with Crippen LogP contribution in [0, 0.1) is 5.92 Å². The standard InChI is InChI=1S/C30H30O9.2C12H23N/c1-3-11-36-19-6-7-20-22(14-19)28(21-8-5-18(35-2)15-24(21)37-12-10-26(31)32)29(30(33)34)27(20)17-4-9-23-25(13-17)39-16-38-23;2*1-3-7-11(8-4-1)13-12-9-5-2-6-10-12/h4-9,13-15,27-29H,3,10-12,16H2,1-2H3,(H,31,32)(H,33,34);2*11-13H,1-10H2. The predicted octanol–water partition coefficient (Wildman–Crippen LogP) is 11.5. The smallest absolute Gasteiger partial charge is 0.308 e. The van der Waals surface area contributed by atoms with Crippen molar-refractivity contribution in [3.8, 4) is 28.7 Å². The van der Waals surface area contributed by atoms with E-state index in [9.17, 15) is 14.7 Å². The molecule has 0 bridgehead atoms. The van der Waals surface area contributed by atoms with Gasteiger partial charge in [-0.05, 0) is 105 Å². The lowest BCUT2D eigenvalue weighted by Gasteiger charge is -2.30. The third-order valence-electron chi connectivity index (χ3n) is 14.5. The summed E-state index contributed by atoms with van der Waals surface area (Å²) in [5, 5.41) is 27.5. The molecule has 0 saturated heterocycles. The number of rotatable bonds is 15. The average Bonchev–Trinajstić information content (AvgIpc) is 3.95. The van der Waals surface area contributed by atoms with Crippen LogP contribution in [-0.2, 0) is 9.59 Å². The number of aliphatic carboxylic acids is 2. The number of nitrogens with one attached hydrogen (secondary N) is 2. The highest BCUT2D eigenvalue weighted by molar-refractivity contribution is 5.78. The predicted molar refractivity (Wildman–Crippen MR) is 254 cm³/mol. The van der Waals surface area contributed by atoms with Crippen LogP contribution >= 0.6 is 0 Å². The first-order chi connectivity index (χ1) is 31.8. The second-order valence-corrected chi connectivity index (χ2v) is 19.1. The molecule has 3 aromatic carbocycles. The van der Waals surface area contributed by atoms with Gasteiger partial charge in [-0.25, -0.2) is 0 Å². The second-order valence-electron chi connectivity index (χ2n) is 19.1. The largest absolute Gasteiger partial charge is 0.497 e. The van der Waals surface area contributed by atoms with E-state index in [1.807, 2.05) is 37.3 Å². The van der Waals surface area contributed by atoms with E-state index in [0.717, 1.165) is 47.3 Å². The number of fused-ring (bicyclic) bond motifs is 2. The Morgan fingerprint density at radius 3 is 1.65 bits per heavy atom. The number of methoxy groups -OCH3 is 1. The zero-order valence-corrected chi connectivity index (χ0v) is 39.2. The molecule has 9 rings (SSSR count). The van der Waals surface area contributed by atoms with E-state index < -0.39 is 29.7 Å². The quantitative estimate of drug-likeness (QED) is 0.116. The number of hydrogen-bond acceptors (Lipinski definition) is 9. The minimum atomic E-state index is -0.991. The van der Waals surface area contributed by atoms with Gasteiger partial charge in [0.1, 0.15) is 17.2 Å². The lowest BCUT2D eigenvalue weighted by Crippen LogP contribution is -2.40. The number of hydrogen-bond donors (Lipinski definition) is 4. The number of carboxylic acid groups (broad SMARTS) is 2. The maximum absolute atomic E-state index is 13.0. The van der Waals surface area contributed by atoms with E-state index in [0.29, 0.717) is 40.9 Å². The highest BCUT2D eigenvalue weighted by Crippen LogP contribution is 2.56. The fourth-order valence-corrected chi connectivity index (χ4v) is 11.1. The van der Waals surface area contributed by atoms with Crippen LogP contribution in [0.1, 0.15) is 182 Å². The third kappa shape index (κ3) is 13.6. The zero-order chi connectivity index (χ0) is 45.4. The molecule has 4 N–H and O–H groups in total. The summed E-state index contributed by atoms with van der Waals surface area (Å²) in [7, 11) is 1.52. The van der Waals surface area contributed by atoms with Crippen molar-refractivity contribution in [2.75, 3.05) is 27.1 Å². The van der Waals surface area contributed by atoms with Crippen LogP contribution in [0.2, 0.25) is 0 Å². The lowest BCUT2D eigenvalue weighted by atomic mass is 9.79. The van der Waals surface area contributed by atoms with E-state index in [1.54, 1.807) is 24.3 Å². The van der Waals surface area contributed by atoms with E-state index in [2.05, 4.69) is 10.6 Å². The summed E-state index contributed by atoms with van der Waals surface area (Å²) in [6.07, 6.45) is 29.8. The Balaban J connectivity index is 0.000000195. The molecule has 3 atom stereocenters.